The predicted molar refractivity (Wildman–Crippen MR) is 76.6 cm³/mol. The van der Waals surface area contributed by atoms with Crippen molar-refractivity contribution in [2.75, 3.05) is 0 Å². The van der Waals surface area contributed by atoms with Crippen LogP contribution < -0.4 is 0 Å². The first-order valence-electron chi connectivity index (χ1n) is 7.13. The smallest absolute Gasteiger partial charge is 0.303 e. The van der Waals surface area contributed by atoms with E-state index in [-0.39, 0.29) is 30.7 Å². The zero-order valence-electron chi connectivity index (χ0n) is 12.0. The first-order chi connectivity index (χ1) is 10.0. The van der Waals surface area contributed by atoms with E-state index in [1.165, 1.54) is 4.90 Å². The van der Waals surface area contributed by atoms with Crippen LogP contribution in [-0.4, -0.2) is 33.8 Å². The molecule has 1 N–H and O–H groups in total. The van der Waals surface area contributed by atoms with Crippen molar-refractivity contribution in [3.63, 3.8) is 0 Å². The van der Waals surface area contributed by atoms with Gasteiger partial charge in [0.1, 0.15) is 0 Å². The van der Waals surface area contributed by atoms with Gasteiger partial charge in [0.15, 0.2) is 0 Å². The molecule has 112 valence electrons. The fourth-order valence-corrected chi connectivity index (χ4v) is 2.74. The summed E-state index contributed by atoms with van der Waals surface area (Å²) in [4.78, 5) is 36.4. The highest BCUT2D eigenvalue weighted by Crippen LogP contribution is 2.31. The average Bonchev–Trinajstić information content (AvgIpc) is 2.74. The van der Waals surface area contributed by atoms with Gasteiger partial charge < -0.3 is 5.11 Å². The van der Waals surface area contributed by atoms with E-state index in [0.29, 0.717) is 12.8 Å². The minimum absolute atomic E-state index is 0.0582. The minimum atomic E-state index is -0.858. The van der Waals surface area contributed by atoms with Gasteiger partial charge in [-0.25, -0.2) is 0 Å². The van der Waals surface area contributed by atoms with Crippen LogP contribution in [0.15, 0.2) is 30.3 Å². The van der Waals surface area contributed by atoms with Gasteiger partial charge in [-0.2, -0.15) is 0 Å². The van der Waals surface area contributed by atoms with E-state index in [9.17, 15) is 14.4 Å². The van der Waals surface area contributed by atoms with Crippen molar-refractivity contribution >= 4 is 17.8 Å². The number of amides is 2. The van der Waals surface area contributed by atoms with Gasteiger partial charge in [0, 0.05) is 18.9 Å². The summed E-state index contributed by atoms with van der Waals surface area (Å²) < 4.78 is 0. The number of carbonyl (C=O) groups excluding carboxylic acids is 2. The van der Waals surface area contributed by atoms with Crippen molar-refractivity contribution in [2.24, 2.45) is 0 Å². The molecule has 0 aromatic heterocycles. The number of hydrogen-bond acceptors (Lipinski definition) is 3. The molecule has 5 heteroatoms. The largest absolute Gasteiger partial charge is 0.481 e. The molecule has 2 amide bonds. The summed E-state index contributed by atoms with van der Waals surface area (Å²) in [5, 5.41) is 8.64. The molecule has 21 heavy (non-hydrogen) atoms. The standard InChI is InChI=1S/C16H19NO4/c1-11(6-5-9-15(19)20)17-14(18)10-13(16(17)21)12-7-3-2-4-8-12/h2-4,7-8,11,13H,5-6,9-10H2,1H3,(H,19,20). The Morgan fingerprint density at radius 1 is 1.33 bits per heavy atom. The first kappa shape index (κ1) is 15.2. The number of nitrogens with zero attached hydrogens (tertiary/aromatic N) is 1. The van der Waals surface area contributed by atoms with E-state index in [0.717, 1.165) is 5.56 Å². The Labute approximate surface area is 123 Å². The number of aliphatic carboxylic acids is 1. The molecule has 0 aliphatic carbocycles. The third kappa shape index (κ3) is 3.48. The van der Waals surface area contributed by atoms with Gasteiger partial charge in [-0.05, 0) is 25.3 Å². The zero-order valence-corrected chi connectivity index (χ0v) is 12.0. The molecule has 1 heterocycles. The maximum Gasteiger partial charge on any atom is 0.303 e. The third-order valence-corrected chi connectivity index (χ3v) is 3.84. The van der Waals surface area contributed by atoms with Crippen molar-refractivity contribution in [1.82, 2.24) is 4.90 Å². The lowest BCUT2D eigenvalue weighted by atomic mass is 9.98. The molecule has 1 aromatic carbocycles. The van der Waals surface area contributed by atoms with Crippen LogP contribution in [0.3, 0.4) is 0 Å². The van der Waals surface area contributed by atoms with E-state index in [1.807, 2.05) is 30.3 Å². The maximum absolute atomic E-state index is 12.4. The van der Waals surface area contributed by atoms with E-state index >= 15 is 0 Å². The van der Waals surface area contributed by atoms with Crippen molar-refractivity contribution < 1.29 is 19.5 Å². The lowest BCUT2D eigenvalue weighted by molar-refractivity contribution is -0.141. The van der Waals surface area contributed by atoms with Crippen LogP contribution in [0.25, 0.3) is 0 Å². The molecule has 0 bridgehead atoms. The second-order valence-corrected chi connectivity index (χ2v) is 5.40. The quantitative estimate of drug-likeness (QED) is 0.814. The Morgan fingerprint density at radius 2 is 2.00 bits per heavy atom. The van der Waals surface area contributed by atoms with Gasteiger partial charge in [-0.3, -0.25) is 19.3 Å². The van der Waals surface area contributed by atoms with Crippen LogP contribution in [0.5, 0.6) is 0 Å². The molecule has 0 spiro atoms. The number of carbonyl (C=O) groups is 3. The van der Waals surface area contributed by atoms with Crippen LogP contribution in [0.4, 0.5) is 0 Å². The van der Waals surface area contributed by atoms with Gasteiger partial charge in [-0.15, -0.1) is 0 Å². The van der Waals surface area contributed by atoms with Crippen LogP contribution >= 0.6 is 0 Å². The summed E-state index contributed by atoms with van der Waals surface area (Å²) in [5.41, 5.74) is 0.857. The number of hydrogen-bond donors (Lipinski definition) is 1. The Hall–Kier alpha value is -2.17. The third-order valence-electron chi connectivity index (χ3n) is 3.84. The summed E-state index contributed by atoms with van der Waals surface area (Å²) in [5.74, 6) is -1.60. The van der Waals surface area contributed by atoms with Crippen LogP contribution in [0.2, 0.25) is 0 Å². The van der Waals surface area contributed by atoms with Gasteiger partial charge in [0.05, 0.1) is 5.92 Å². The lowest BCUT2D eigenvalue weighted by Gasteiger charge is -2.23. The summed E-state index contributed by atoms with van der Waals surface area (Å²) in [6.45, 7) is 1.80. The van der Waals surface area contributed by atoms with Gasteiger partial charge >= 0.3 is 5.97 Å². The zero-order chi connectivity index (χ0) is 15.4. The summed E-state index contributed by atoms with van der Waals surface area (Å²) >= 11 is 0. The van der Waals surface area contributed by atoms with Crippen LogP contribution in [-0.2, 0) is 14.4 Å². The van der Waals surface area contributed by atoms with E-state index in [1.54, 1.807) is 6.92 Å². The molecule has 1 saturated heterocycles. The number of benzene rings is 1. The maximum atomic E-state index is 12.4. The highest BCUT2D eigenvalue weighted by molar-refractivity contribution is 6.06. The van der Waals surface area contributed by atoms with Gasteiger partial charge in [0.2, 0.25) is 11.8 Å². The molecular formula is C16H19NO4. The molecule has 2 atom stereocenters. The SMILES string of the molecule is CC(CCCC(=O)O)N1C(=O)CC(c2ccccc2)C1=O. The van der Waals surface area contributed by atoms with Crippen LogP contribution in [0, 0.1) is 0 Å². The normalized spacial score (nSPS) is 19.9. The molecule has 1 aromatic rings. The molecule has 5 nitrogen and oxygen atoms in total. The second-order valence-electron chi connectivity index (χ2n) is 5.40. The van der Waals surface area contributed by atoms with Crippen molar-refractivity contribution in [1.29, 1.82) is 0 Å². The van der Waals surface area contributed by atoms with Gasteiger partial charge in [0.25, 0.3) is 0 Å². The molecule has 0 saturated carbocycles. The molecule has 1 aliphatic rings. The van der Waals surface area contributed by atoms with Crippen molar-refractivity contribution in [3.05, 3.63) is 35.9 Å². The number of carboxylic acid groups (broad SMARTS) is 1. The number of rotatable bonds is 6. The predicted octanol–water partition coefficient (Wildman–Crippen LogP) is 2.17. The van der Waals surface area contributed by atoms with Crippen molar-refractivity contribution in [2.45, 2.75) is 44.6 Å². The molecular weight excluding hydrogens is 270 g/mol. The molecule has 2 unspecified atom stereocenters. The number of carboxylic acids is 1. The monoisotopic (exact) mass is 289 g/mol. The highest BCUT2D eigenvalue weighted by atomic mass is 16.4. The Bertz CT molecular complexity index is 540. The first-order valence-corrected chi connectivity index (χ1v) is 7.13. The molecule has 2 rings (SSSR count). The van der Waals surface area contributed by atoms with Gasteiger partial charge in [-0.1, -0.05) is 30.3 Å². The van der Waals surface area contributed by atoms with Crippen molar-refractivity contribution in [3.8, 4) is 0 Å². The van der Waals surface area contributed by atoms with E-state index in [4.69, 9.17) is 5.11 Å². The average molecular weight is 289 g/mol. The minimum Gasteiger partial charge on any atom is -0.481 e. The topological polar surface area (TPSA) is 74.7 Å². The second kappa shape index (κ2) is 6.52. The number of imide groups is 1. The van der Waals surface area contributed by atoms with Crippen LogP contribution in [0.1, 0.15) is 44.1 Å². The Kier molecular flexibility index (Phi) is 4.73. The van der Waals surface area contributed by atoms with E-state index in [2.05, 4.69) is 0 Å². The lowest BCUT2D eigenvalue weighted by Crippen LogP contribution is -2.38. The van der Waals surface area contributed by atoms with E-state index < -0.39 is 11.9 Å². The molecule has 1 fully saturated rings. The summed E-state index contributed by atoms with van der Waals surface area (Å²) in [7, 11) is 0. The molecule has 1 aliphatic heterocycles. The Balaban J connectivity index is 2.03. The summed E-state index contributed by atoms with van der Waals surface area (Å²) in [6.07, 6.45) is 1.24. The number of likely N-dealkylation sites (tertiary alicyclic amines) is 1. The highest BCUT2D eigenvalue weighted by Gasteiger charge is 2.41. The Morgan fingerprint density at radius 3 is 2.62 bits per heavy atom. The summed E-state index contributed by atoms with van der Waals surface area (Å²) in [6, 6.07) is 9.04. The fourth-order valence-electron chi connectivity index (χ4n) is 2.74. The molecule has 0 radical (unpaired) electrons. The fraction of sp³-hybridized carbons (Fsp3) is 0.438.